The topological polar surface area (TPSA) is 25.2 Å². The maximum Gasteiger partial charge on any atom is 0.105 e. The van der Waals surface area contributed by atoms with Crippen LogP contribution in [0, 0.1) is 11.8 Å². The first-order valence-corrected chi connectivity index (χ1v) is 7.53. The highest BCUT2D eigenvalue weighted by molar-refractivity contribution is 4.99. The first-order chi connectivity index (χ1) is 8.78. The molecule has 0 aliphatic heterocycles. The first-order valence-electron chi connectivity index (χ1n) is 7.53. The molecule has 1 atom stereocenters. The summed E-state index contributed by atoms with van der Waals surface area (Å²) in [7, 11) is 0. The van der Waals surface area contributed by atoms with Gasteiger partial charge in [0.15, 0.2) is 0 Å². The van der Waals surface area contributed by atoms with Crippen molar-refractivity contribution in [1.82, 2.24) is 5.32 Å². The van der Waals surface area contributed by atoms with Crippen LogP contribution in [-0.2, 0) is 6.42 Å². The zero-order valence-electron chi connectivity index (χ0n) is 11.8. The molecule has 0 spiro atoms. The van der Waals surface area contributed by atoms with E-state index >= 15 is 0 Å². The third-order valence-electron chi connectivity index (χ3n) is 4.39. The Bertz CT molecular complexity index is 312. The van der Waals surface area contributed by atoms with E-state index in [2.05, 4.69) is 25.2 Å². The van der Waals surface area contributed by atoms with Crippen molar-refractivity contribution in [2.24, 2.45) is 11.8 Å². The fourth-order valence-corrected chi connectivity index (χ4v) is 3.01. The van der Waals surface area contributed by atoms with Crippen LogP contribution < -0.4 is 5.32 Å². The van der Waals surface area contributed by atoms with Gasteiger partial charge in [-0.1, -0.05) is 26.2 Å². The molecule has 0 radical (unpaired) electrons. The van der Waals surface area contributed by atoms with Crippen molar-refractivity contribution in [2.75, 3.05) is 6.54 Å². The van der Waals surface area contributed by atoms with E-state index in [1.807, 2.05) is 6.07 Å². The van der Waals surface area contributed by atoms with Gasteiger partial charge in [0.2, 0.25) is 0 Å². The number of hydrogen-bond acceptors (Lipinski definition) is 2. The molecule has 18 heavy (non-hydrogen) atoms. The Hall–Kier alpha value is -0.760. The molecular weight excluding hydrogens is 222 g/mol. The average Bonchev–Trinajstić information content (AvgIpc) is 2.90. The molecule has 102 valence electrons. The lowest BCUT2D eigenvalue weighted by Gasteiger charge is -2.28. The molecule has 1 N–H and O–H groups in total. The Morgan fingerprint density at radius 2 is 2.00 bits per heavy atom. The van der Waals surface area contributed by atoms with Gasteiger partial charge in [0.25, 0.3) is 0 Å². The van der Waals surface area contributed by atoms with E-state index < -0.39 is 0 Å². The van der Waals surface area contributed by atoms with E-state index in [9.17, 15) is 0 Å². The fraction of sp³-hybridized carbons (Fsp3) is 0.750. The molecule has 1 fully saturated rings. The molecule has 0 aromatic carbocycles. The molecule has 0 amide bonds. The Morgan fingerprint density at radius 1 is 1.28 bits per heavy atom. The van der Waals surface area contributed by atoms with Crippen LogP contribution in [0.3, 0.4) is 0 Å². The van der Waals surface area contributed by atoms with E-state index in [1.54, 1.807) is 6.26 Å². The normalized spacial score (nSPS) is 26.1. The van der Waals surface area contributed by atoms with Crippen LogP contribution in [0.15, 0.2) is 22.8 Å². The molecular formula is C16H27NO. The summed E-state index contributed by atoms with van der Waals surface area (Å²) in [5.74, 6) is 2.98. The molecule has 1 aromatic rings. The predicted octanol–water partition coefficient (Wildman–Crippen LogP) is 4.02. The lowest BCUT2D eigenvalue weighted by molar-refractivity contribution is 0.257. The summed E-state index contributed by atoms with van der Waals surface area (Å²) in [6, 6.07) is 4.54. The van der Waals surface area contributed by atoms with Gasteiger partial charge in [-0.2, -0.15) is 0 Å². The van der Waals surface area contributed by atoms with E-state index in [-0.39, 0.29) is 0 Å². The summed E-state index contributed by atoms with van der Waals surface area (Å²) in [6.45, 7) is 5.76. The lowest BCUT2D eigenvalue weighted by atomic mass is 9.81. The second-order valence-electron chi connectivity index (χ2n) is 5.89. The molecule has 1 unspecified atom stereocenters. The Labute approximate surface area is 111 Å². The highest BCUT2D eigenvalue weighted by Gasteiger charge is 2.20. The van der Waals surface area contributed by atoms with Gasteiger partial charge in [0.1, 0.15) is 5.76 Å². The summed E-state index contributed by atoms with van der Waals surface area (Å²) in [6.07, 6.45) is 9.84. The van der Waals surface area contributed by atoms with E-state index in [0.29, 0.717) is 6.04 Å². The van der Waals surface area contributed by atoms with Crippen molar-refractivity contribution in [1.29, 1.82) is 0 Å². The molecule has 0 saturated heterocycles. The lowest BCUT2D eigenvalue weighted by Crippen LogP contribution is -2.34. The summed E-state index contributed by atoms with van der Waals surface area (Å²) >= 11 is 0. The van der Waals surface area contributed by atoms with Gasteiger partial charge in [-0.15, -0.1) is 0 Å². The molecule has 1 aromatic heterocycles. The summed E-state index contributed by atoms with van der Waals surface area (Å²) in [5, 5.41) is 3.66. The van der Waals surface area contributed by atoms with Crippen LogP contribution in [0.5, 0.6) is 0 Å². The van der Waals surface area contributed by atoms with Crippen LogP contribution in [-0.4, -0.2) is 12.6 Å². The largest absolute Gasteiger partial charge is 0.469 e. The smallest absolute Gasteiger partial charge is 0.105 e. The molecule has 1 saturated carbocycles. The Morgan fingerprint density at radius 3 is 2.61 bits per heavy atom. The summed E-state index contributed by atoms with van der Waals surface area (Å²) in [5.41, 5.74) is 0. The van der Waals surface area contributed by atoms with Gasteiger partial charge in [-0.05, 0) is 50.3 Å². The second-order valence-corrected chi connectivity index (χ2v) is 5.89. The van der Waals surface area contributed by atoms with Crippen molar-refractivity contribution in [2.45, 2.75) is 58.4 Å². The Kier molecular flexibility index (Phi) is 5.30. The van der Waals surface area contributed by atoms with Gasteiger partial charge in [-0.25, -0.2) is 0 Å². The maximum atomic E-state index is 5.38. The van der Waals surface area contributed by atoms with Gasteiger partial charge in [0.05, 0.1) is 6.26 Å². The maximum absolute atomic E-state index is 5.38. The molecule has 0 bridgehead atoms. The minimum absolute atomic E-state index is 0.514. The quantitative estimate of drug-likeness (QED) is 0.824. The molecule has 2 nitrogen and oxygen atoms in total. The van der Waals surface area contributed by atoms with Crippen molar-refractivity contribution in [3.8, 4) is 0 Å². The molecule has 1 heterocycles. The highest BCUT2D eigenvalue weighted by Crippen LogP contribution is 2.30. The third-order valence-corrected chi connectivity index (χ3v) is 4.39. The van der Waals surface area contributed by atoms with E-state index in [4.69, 9.17) is 4.42 Å². The molecule has 2 rings (SSSR count). The van der Waals surface area contributed by atoms with Crippen molar-refractivity contribution < 1.29 is 4.42 Å². The van der Waals surface area contributed by atoms with Gasteiger partial charge in [0, 0.05) is 12.5 Å². The van der Waals surface area contributed by atoms with Gasteiger partial charge in [-0.3, -0.25) is 0 Å². The van der Waals surface area contributed by atoms with Crippen LogP contribution in [0.25, 0.3) is 0 Å². The standard InChI is InChI=1S/C16H27NO/c1-3-14-6-8-15(9-7-14)12-17-13(2)11-16-5-4-10-18-16/h4-5,10,13-15,17H,3,6-9,11-12H2,1-2H3. The minimum atomic E-state index is 0.514. The predicted molar refractivity (Wildman–Crippen MR) is 75.6 cm³/mol. The van der Waals surface area contributed by atoms with E-state index in [1.165, 1.54) is 38.6 Å². The summed E-state index contributed by atoms with van der Waals surface area (Å²) in [4.78, 5) is 0. The number of rotatable bonds is 6. The van der Waals surface area contributed by atoms with Crippen LogP contribution in [0.1, 0.15) is 51.7 Å². The third kappa shape index (κ3) is 4.16. The van der Waals surface area contributed by atoms with Gasteiger partial charge < -0.3 is 9.73 Å². The monoisotopic (exact) mass is 249 g/mol. The summed E-state index contributed by atoms with van der Waals surface area (Å²) < 4.78 is 5.38. The van der Waals surface area contributed by atoms with Crippen LogP contribution in [0.2, 0.25) is 0 Å². The molecule has 1 aliphatic rings. The molecule has 1 aliphatic carbocycles. The Balaban J connectivity index is 1.63. The fourth-order valence-electron chi connectivity index (χ4n) is 3.01. The van der Waals surface area contributed by atoms with E-state index in [0.717, 1.165) is 24.0 Å². The SMILES string of the molecule is CCC1CCC(CNC(C)Cc2ccco2)CC1. The molecule has 2 heteroatoms. The van der Waals surface area contributed by atoms with Crippen molar-refractivity contribution in [3.05, 3.63) is 24.2 Å². The number of furan rings is 1. The zero-order valence-corrected chi connectivity index (χ0v) is 11.8. The second kappa shape index (κ2) is 6.98. The van der Waals surface area contributed by atoms with Crippen molar-refractivity contribution >= 4 is 0 Å². The highest BCUT2D eigenvalue weighted by atomic mass is 16.3. The zero-order chi connectivity index (χ0) is 12.8. The number of hydrogen-bond donors (Lipinski definition) is 1. The average molecular weight is 249 g/mol. The first kappa shape index (κ1) is 13.7. The van der Waals surface area contributed by atoms with Crippen LogP contribution in [0.4, 0.5) is 0 Å². The number of nitrogens with one attached hydrogen (secondary N) is 1. The van der Waals surface area contributed by atoms with Crippen LogP contribution >= 0.6 is 0 Å². The van der Waals surface area contributed by atoms with Crippen molar-refractivity contribution in [3.63, 3.8) is 0 Å². The minimum Gasteiger partial charge on any atom is -0.469 e. The van der Waals surface area contributed by atoms with Gasteiger partial charge >= 0.3 is 0 Å².